The van der Waals surface area contributed by atoms with Crippen molar-refractivity contribution in [3.8, 4) is 0 Å². The van der Waals surface area contributed by atoms with Crippen LogP contribution in [0.25, 0.3) is 0 Å². The van der Waals surface area contributed by atoms with Crippen molar-refractivity contribution >= 4 is 5.91 Å². The lowest BCUT2D eigenvalue weighted by atomic mass is 10.2. The SMILES string of the molecule is CCCCCC(=O)NCC(OCC)OCC. The van der Waals surface area contributed by atoms with Gasteiger partial charge in [0.1, 0.15) is 0 Å². The van der Waals surface area contributed by atoms with Gasteiger partial charge in [-0.1, -0.05) is 19.8 Å². The first kappa shape index (κ1) is 15.4. The van der Waals surface area contributed by atoms with Gasteiger partial charge in [-0.25, -0.2) is 0 Å². The minimum Gasteiger partial charge on any atom is -0.351 e. The van der Waals surface area contributed by atoms with Crippen molar-refractivity contribution in [3.05, 3.63) is 0 Å². The third kappa shape index (κ3) is 8.68. The van der Waals surface area contributed by atoms with Gasteiger partial charge < -0.3 is 14.8 Å². The van der Waals surface area contributed by atoms with Crippen LogP contribution in [-0.4, -0.2) is 32.0 Å². The molecule has 0 aliphatic rings. The van der Waals surface area contributed by atoms with Crippen molar-refractivity contribution in [2.24, 2.45) is 0 Å². The monoisotopic (exact) mass is 231 g/mol. The molecule has 0 saturated heterocycles. The zero-order valence-corrected chi connectivity index (χ0v) is 10.8. The number of unbranched alkanes of at least 4 members (excludes halogenated alkanes) is 2. The second-order valence-electron chi connectivity index (χ2n) is 3.60. The van der Waals surface area contributed by atoms with Gasteiger partial charge in [-0.05, 0) is 20.3 Å². The molecule has 1 N–H and O–H groups in total. The third-order valence-electron chi connectivity index (χ3n) is 2.18. The van der Waals surface area contributed by atoms with Crippen molar-refractivity contribution in [1.29, 1.82) is 0 Å². The molecule has 1 amide bonds. The predicted molar refractivity (Wildman–Crippen MR) is 64.2 cm³/mol. The molecule has 0 aromatic heterocycles. The highest BCUT2D eigenvalue weighted by Crippen LogP contribution is 1.99. The fraction of sp³-hybridized carbons (Fsp3) is 0.917. The Labute approximate surface area is 98.7 Å². The number of carbonyl (C=O) groups is 1. The van der Waals surface area contributed by atoms with E-state index >= 15 is 0 Å². The van der Waals surface area contributed by atoms with Crippen LogP contribution in [-0.2, 0) is 14.3 Å². The molecule has 0 unspecified atom stereocenters. The van der Waals surface area contributed by atoms with E-state index in [1.165, 1.54) is 0 Å². The van der Waals surface area contributed by atoms with E-state index in [0.717, 1.165) is 19.3 Å². The number of carbonyl (C=O) groups excluding carboxylic acids is 1. The second-order valence-corrected chi connectivity index (χ2v) is 3.60. The van der Waals surface area contributed by atoms with E-state index < -0.39 is 0 Å². The molecular formula is C12H25NO3. The van der Waals surface area contributed by atoms with Crippen LogP contribution in [0.2, 0.25) is 0 Å². The summed E-state index contributed by atoms with van der Waals surface area (Å²) in [6, 6.07) is 0. The Morgan fingerprint density at radius 1 is 1.12 bits per heavy atom. The van der Waals surface area contributed by atoms with Crippen LogP contribution in [0.15, 0.2) is 0 Å². The van der Waals surface area contributed by atoms with Gasteiger partial charge in [0.15, 0.2) is 6.29 Å². The second kappa shape index (κ2) is 10.9. The van der Waals surface area contributed by atoms with Crippen LogP contribution in [0.1, 0.15) is 46.5 Å². The molecule has 96 valence electrons. The molecule has 0 rings (SSSR count). The topological polar surface area (TPSA) is 47.6 Å². The summed E-state index contributed by atoms with van der Waals surface area (Å²) in [5.41, 5.74) is 0. The van der Waals surface area contributed by atoms with E-state index in [9.17, 15) is 4.79 Å². The van der Waals surface area contributed by atoms with E-state index in [1.807, 2.05) is 13.8 Å². The van der Waals surface area contributed by atoms with Gasteiger partial charge in [0.05, 0.1) is 6.54 Å². The first-order valence-electron chi connectivity index (χ1n) is 6.24. The molecule has 0 spiro atoms. The highest BCUT2D eigenvalue weighted by Gasteiger charge is 2.09. The molecule has 0 aliphatic heterocycles. The van der Waals surface area contributed by atoms with Gasteiger partial charge in [0.2, 0.25) is 5.91 Å². The molecule has 0 fully saturated rings. The molecule has 0 bridgehead atoms. The van der Waals surface area contributed by atoms with Crippen LogP contribution in [0.5, 0.6) is 0 Å². The fourth-order valence-corrected chi connectivity index (χ4v) is 1.36. The van der Waals surface area contributed by atoms with Gasteiger partial charge >= 0.3 is 0 Å². The van der Waals surface area contributed by atoms with Crippen molar-refractivity contribution in [3.63, 3.8) is 0 Å². The quantitative estimate of drug-likeness (QED) is 0.462. The maximum atomic E-state index is 11.4. The predicted octanol–water partition coefficient (Wildman–Crippen LogP) is 2.08. The van der Waals surface area contributed by atoms with E-state index in [4.69, 9.17) is 9.47 Å². The lowest BCUT2D eigenvalue weighted by molar-refractivity contribution is -0.140. The lowest BCUT2D eigenvalue weighted by Gasteiger charge is -2.17. The zero-order chi connectivity index (χ0) is 12.2. The smallest absolute Gasteiger partial charge is 0.220 e. The number of hydrogen-bond donors (Lipinski definition) is 1. The van der Waals surface area contributed by atoms with Crippen molar-refractivity contribution in [2.75, 3.05) is 19.8 Å². The molecule has 0 atom stereocenters. The Kier molecular flexibility index (Phi) is 10.5. The first-order chi connectivity index (χ1) is 7.74. The first-order valence-corrected chi connectivity index (χ1v) is 6.24. The molecule has 16 heavy (non-hydrogen) atoms. The van der Waals surface area contributed by atoms with Crippen LogP contribution >= 0.6 is 0 Å². The summed E-state index contributed by atoms with van der Waals surface area (Å²) in [6.45, 7) is 7.57. The van der Waals surface area contributed by atoms with Crippen LogP contribution in [0.4, 0.5) is 0 Å². The van der Waals surface area contributed by atoms with Crippen molar-refractivity contribution < 1.29 is 14.3 Å². The summed E-state index contributed by atoms with van der Waals surface area (Å²) in [5.74, 6) is 0.0813. The Balaban J connectivity index is 3.60. The van der Waals surface area contributed by atoms with E-state index in [0.29, 0.717) is 26.2 Å². The van der Waals surface area contributed by atoms with Crippen molar-refractivity contribution in [1.82, 2.24) is 5.32 Å². The number of nitrogens with one attached hydrogen (secondary N) is 1. The van der Waals surface area contributed by atoms with Gasteiger partial charge in [-0.15, -0.1) is 0 Å². The summed E-state index contributed by atoms with van der Waals surface area (Å²) in [4.78, 5) is 11.4. The number of rotatable bonds is 10. The molecule has 4 heteroatoms. The van der Waals surface area contributed by atoms with Gasteiger partial charge in [-0.2, -0.15) is 0 Å². The Morgan fingerprint density at radius 3 is 2.25 bits per heavy atom. The average Bonchev–Trinajstić information content (AvgIpc) is 2.27. The van der Waals surface area contributed by atoms with E-state index in [1.54, 1.807) is 0 Å². The van der Waals surface area contributed by atoms with Crippen LogP contribution < -0.4 is 5.32 Å². The summed E-state index contributed by atoms with van der Waals surface area (Å²) in [7, 11) is 0. The highest BCUT2D eigenvalue weighted by atomic mass is 16.7. The molecule has 4 nitrogen and oxygen atoms in total. The molecule has 0 aromatic rings. The standard InChI is InChI=1S/C12H25NO3/c1-4-7-8-9-11(14)13-10-12(15-5-2)16-6-3/h12H,4-10H2,1-3H3,(H,13,14). The molecular weight excluding hydrogens is 206 g/mol. The van der Waals surface area contributed by atoms with Crippen molar-refractivity contribution in [2.45, 2.75) is 52.7 Å². The van der Waals surface area contributed by atoms with Gasteiger partial charge in [-0.3, -0.25) is 4.79 Å². The average molecular weight is 231 g/mol. The minimum atomic E-state index is -0.315. The number of hydrogen-bond acceptors (Lipinski definition) is 3. The fourth-order valence-electron chi connectivity index (χ4n) is 1.36. The van der Waals surface area contributed by atoms with E-state index in [2.05, 4.69) is 12.2 Å². The maximum absolute atomic E-state index is 11.4. The van der Waals surface area contributed by atoms with Crippen LogP contribution in [0, 0.1) is 0 Å². The molecule has 0 aromatic carbocycles. The Hall–Kier alpha value is -0.610. The largest absolute Gasteiger partial charge is 0.351 e. The summed E-state index contributed by atoms with van der Waals surface area (Å²) >= 11 is 0. The Bertz CT molecular complexity index is 168. The molecule has 0 radical (unpaired) electrons. The minimum absolute atomic E-state index is 0.0813. The summed E-state index contributed by atoms with van der Waals surface area (Å²) < 4.78 is 10.6. The maximum Gasteiger partial charge on any atom is 0.220 e. The normalized spacial score (nSPS) is 10.8. The Morgan fingerprint density at radius 2 is 1.75 bits per heavy atom. The molecule has 0 aliphatic carbocycles. The van der Waals surface area contributed by atoms with Crippen LogP contribution in [0.3, 0.4) is 0 Å². The van der Waals surface area contributed by atoms with E-state index in [-0.39, 0.29) is 12.2 Å². The zero-order valence-electron chi connectivity index (χ0n) is 10.8. The molecule has 0 heterocycles. The highest BCUT2D eigenvalue weighted by molar-refractivity contribution is 5.75. The summed E-state index contributed by atoms with van der Waals surface area (Å²) in [6.07, 6.45) is 3.47. The summed E-state index contributed by atoms with van der Waals surface area (Å²) in [5, 5.41) is 2.82. The van der Waals surface area contributed by atoms with Gasteiger partial charge in [0.25, 0.3) is 0 Å². The lowest BCUT2D eigenvalue weighted by Crippen LogP contribution is -2.35. The van der Waals surface area contributed by atoms with Gasteiger partial charge in [0, 0.05) is 19.6 Å². The number of amides is 1. The number of ether oxygens (including phenoxy) is 2. The molecule has 0 saturated carbocycles. The third-order valence-corrected chi connectivity index (χ3v) is 2.18.